The fraction of sp³-hybridized carbons (Fsp3) is 0.111. The lowest BCUT2D eigenvalue weighted by atomic mass is 10.3. The first-order chi connectivity index (χ1) is 8.00. The molecule has 17 heavy (non-hydrogen) atoms. The predicted octanol–water partition coefficient (Wildman–Crippen LogP) is 0.0614. The van der Waals surface area contributed by atoms with Crippen molar-refractivity contribution in [3.05, 3.63) is 44.9 Å². The average Bonchev–Trinajstić information content (AvgIpc) is 2.53. The summed E-state index contributed by atoms with van der Waals surface area (Å²) in [5.74, 6) is -0.0157. The first kappa shape index (κ1) is 10.9. The monoisotopic (exact) mass is 235 g/mol. The highest BCUT2D eigenvalue weighted by molar-refractivity contribution is 5.46. The number of rotatable bonds is 2. The van der Waals surface area contributed by atoms with Crippen LogP contribution >= 0.6 is 0 Å². The normalized spacial score (nSPS) is 10.4. The summed E-state index contributed by atoms with van der Waals surface area (Å²) in [6.45, 7) is 0. The van der Waals surface area contributed by atoms with Gasteiger partial charge in [0, 0.05) is 19.2 Å². The number of nitrogen functional groups attached to an aromatic ring is 1. The summed E-state index contributed by atoms with van der Waals surface area (Å²) in [7, 11) is 1.45. The van der Waals surface area contributed by atoms with E-state index in [0.29, 0.717) is 5.69 Å². The molecule has 2 aromatic rings. The molecule has 0 aliphatic heterocycles. The van der Waals surface area contributed by atoms with Crippen molar-refractivity contribution in [3.8, 4) is 5.69 Å². The summed E-state index contributed by atoms with van der Waals surface area (Å²) in [6.07, 6.45) is 0. The fourth-order valence-corrected chi connectivity index (χ4v) is 1.47. The van der Waals surface area contributed by atoms with Crippen LogP contribution in [-0.4, -0.2) is 19.3 Å². The maximum Gasteiger partial charge on any atom is 0.351 e. The number of hydrogen-bond acceptors (Lipinski definition) is 5. The fourth-order valence-electron chi connectivity index (χ4n) is 1.47. The molecule has 2 N–H and O–H groups in total. The van der Waals surface area contributed by atoms with E-state index in [0.717, 1.165) is 9.25 Å². The van der Waals surface area contributed by atoms with Gasteiger partial charge >= 0.3 is 5.69 Å². The number of hydrogen-bond donors (Lipinski definition) is 1. The molecule has 0 unspecified atom stereocenters. The van der Waals surface area contributed by atoms with Gasteiger partial charge in [-0.25, -0.2) is 14.0 Å². The highest BCUT2D eigenvalue weighted by Gasteiger charge is 2.13. The van der Waals surface area contributed by atoms with Gasteiger partial charge in [0.15, 0.2) is 0 Å². The van der Waals surface area contributed by atoms with Gasteiger partial charge in [0.1, 0.15) is 0 Å². The third-order valence-corrected chi connectivity index (χ3v) is 2.25. The van der Waals surface area contributed by atoms with E-state index in [9.17, 15) is 14.9 Å². The molecule has 88 valence electrons. The summed E-state index contributed by atoms with van der Waals surface area (Å²) in [6, 6.07) is 5.62. The number of nitro groups is 1. The van der Waals surface area contributed by atoms with E-state index in [2.05, 4.69) is 5.10 Å². The van der Waals surface area contributed by atoms with Crippen molar-refractivity contribution in [2.45, 2.75) is 0 Å². The van der Waals surface area contributed by atoms with Gasteiger partial charge in [-0.1, -0.05) is 6.07 Å². The zero-order valence-electron chi connectivity index (χ0n) is 8.90. The minimum Gasteiger partial charge on any atom is -0.368 e. The highest BCUT2D eigenvalue weighted by Crippen LogP contribution is 2.16. The Hall–Kier alpha value is -2.64. The van der Waals surface area contributed by atoms with Crippen molar-refractivity contribution >= 4 is 11.6 Å². The second kappa shape index (κ2) is 3.74. The molecule has 0 atom stereocenters. The van der Waals surface area contributed by atoms with Crippen LogP contribution in [-0.2, 0) is 7.05 Å². The lowest BCUT2D eigenvalue weighted by Gasteiger charge is -2.01. The molecule has 0 saturated heterocycles. The molecule has 8 nitrogen and oxygen atoms in total. The number of non-ortho nitro benzene ring substituents is 1. The Bertz CT molecular complexity index is 642. The molecular formula is C9H9N5O3. The van der Waals surface area contributed by atoms with Crippen LogP contribution in [0.4, 0.5) is 11.6 Å². The summed E-state index contributed by atoms with van der Waals surface area (Å²) in [5.41, 5.74) is 5.31. The van der Waals surface area contributed by atoms with Gasteiger partial charge in [0.2, 0.25) is 5.95 Å². The van der Waals surface area contributed by atoms with E-state index >= 15 is 0 Å². The second-order valence-electron chi connectivity index (χ2n) is 3.38. The Kier molecular flexibility index (Phi) is 2.39. The van der Waals surface area contributed by atoms with Gasteiger partial charge in [0.05, 0.1) is 10.6 Å². The average molecular weight is 235 g/mol. The Balaban J connectivity index is 2.65. The van der Waals surface area contributed by atoms with Crippen molar-refractivity contribution < 1.29 is 4.92 Å². The Morgan fingerprint density at radius 3 is 2.71 bits per heavy atom. The van der Waals surface area contributed by atoms with Crippen LogP contribution in [0.15, 0.2) is 29.1 Å². The van der Waals surface area contributed by atoms with E-state index in [1.165, 1.54) is 25.2 Å². The Morgan fingerprint density at radius 2 is 2.18 bits per heavy atom. The SMILES string of the molecule is Cn1nc(N)n(-c2cccc([N+](=O)[O-])c2)c1=O. The van der Waals surface area contributed by atoms with E-state index in [-0.39, 0.29) is 11.6 Å². The molecule has 0 bridgehead atoms. The van der Waals surface area contributed by atoms with Crippen LogP contribution < -0.4 is 11.4 Å². The van der Waals surface area contributed by atoms with Crippen LogP contribution in [0.25, 0.3) is 5.69 Å². The van der Waals surface area contributed by atoms with Crippen molar-refractivity contribution in [2.75, 3.05) is 5.73 Å². The van der Waals surface area contributed by atoms with E-state index in [4.69, 9.17) is 5.73 Å². The van der Waals surface area contributed by atoms with Crippen LogP contribution in [0.1, 0.15) is 0 Å². The molecule has 2 rings (SSSR count). The topological polar surface area (TPSA) is 109 Å². The van der Waals surface area contributed by atoms with Crippen molar-refractivity contribution in [1.82, 2.24) is 14.3 Å². The van der Waals surface area contributed by atoms with Gasteiger partial charge in [-0.15, -0.1) is 5.10 Å². The summed E-state index contributed by atoms with van der Waals surface area (Å²) in [4.78, 5) is 21.8. The van der Waals surface area contributed by atoms with Crippen molar-refractivity contribution in [3.63, 3.8) is 0 Å². The molecule has 1 aromatic heterocycles. The number of nitro benzene ring substituents is 1. The molecule has 1 aromatic carbocycles. The smallest absolute Gasteiger partial charge is 0.351 e. The quantitative estimate of drug-likeness (QED) is 0.584. The molecule has 0 radical (unpaired) electrons. The van der Waals surface area contributed by atoms with Gasteiger partial charge in [-0.2, -0.15) is 0 Å². The number of aromatic nitrogens is 3. The highest BCUT2D eigenvalue weighted by atomic mass is 16.6. The number of aryl methyl sites for hydroxylation is 1. The molecular weight excluding hydrogens is 226 g/mol. The maximum absolute atomic E-state index is 11.7. The largest absolute Gasteiger partial charge is 0.368 e. The molecule has 8 heteroatoms. The molecule has 0 amide bonds. The number of benzene rings is 1. The lowest BCUT2D eigenvalue weighted by molar-refractivity contribution is -0.384. The van der Waals surface area contributed by atoms with E-state index in [1.54, 1.807) is 6.07 Å². The van der Waals surface area contributed by atoms with Crippen LogP contribution in [0.2, 0.25) is 0 Å². The predicted molar refractivity (Wildman–Crippen MR) is 59.9 cm³/mol. The van der Waals surface area contributed by atoms with E-state index in [1.807, 2.05) is 0 Å². The summed E-state index contributed by atoms with van der Waals surface area (Å²) in [5, 5.41) is 14.4. The number of nitrogens with two attached hydrogens (primary N) is 1. The minimum absolute atomic E-state index is 0.0157. The van der Waals surface area contributed by atoms with Crippen LogP contribution in [0.3, 0.4) is 0 Å². The standard InChI is InChI=1S/C9H9N5O3/c1-12-9(15)13(8(10)11-12)6-3-2-4-7(5-6)14(16)17/h2-5H,1H3,(H2,10,11). The third-order valence-electron chi connectivity index (χ3n) is 2.25. The molecule has 0 spiro atoms. The molecule has 0 aliphatic rings. The Morgan fingerprint density at radius 1 is 1.47 bits per heavy atom. The van der Waals surface area contributed by atoms with Gasteiger partial charge in [-0.3, -0.25) is 10.1 Å². The first-order valence-corrected chi connectivity index (χ1v) is 4.67. The van der Waals surface area contributed by atoms with Crippen LogP contribution in [0, 0.1) is 10.1 Å². The van der Waals surface area contributed by atoms with Gasteiger partial charge in [0.25, 0.3) is 5.69 Å². The van der Waals surface area contributed by atoms with E-state index < -0.39 is 10.6 Å². The summed E-state index contributed by atoms with van der Waals surface area (Å²) < 4.78 is 2.17. The Labute approximate surface area is 95.0 Å². The lowest BCUT2D eigenvalue weighted by Crippen LogP contribution is -2.22. The second-order valence-corrected chi connectivity index (χ2v) is 3.38. The molecule has 0 saturated carbocycles. The number of nitrogens with zero attached hydrogens (tertiary/aromatic N) is 4. The molecule has 0 aliphatic carbocycles. The maximum atomic E-state index is 11.7. The first-order valence-electron chi connectivity index (χ1n) is 4.67. The van der Waals surface area contributed by atoms with Gasteiger partial charge < -0.3 is 5.73 Å². The summed E-state index contributed by atoms with van der Waals surface area (Å²) >= 11 is 0. The van der Waals surface area contributed by atoms with Crippen molar-refractivity contribution in [1.29, 1.82) is 0 Å². The number of anilines is 1. The third kappa shape index (κ3) is 1.75. The minimum atomic E-state index is -0.541. The zero-order chi connectivity index (χ0) is 12.6. The molecule has 1 heterocycles. The molecule has 0 fully saturated rings. The zero-order valence-corrected chi connectivity index (χ0v) is 8.90. The van der Waals surface area contributed by atoms with Crippen molar-refractivity contribution in [2.24, 2.45) is 7.05 Å². The van der Waals surface area contributed by atoms with Gasteiger partial charge in [-0.05, 0) is 6.07 Å². The van der Waals surface area contributed by atoms with Crippen LogP contribution in [0.5, 0.6) is 0 Å².